The fourth-order valence-corrected chi connectivity index (χ4v) is 2.37. The smallest absolute Gasteiger partial charge is 0.225 e. The number of amides is 1. The molecule has 2 N–H and O–H groups in total. The van der Waals surface area contributed by atoms with Crippen molar-refractivity contribution in [1.29, 1.82) is 0 Å². The molecule has 1 saturated heterocycles. The van der Waals surface area contributed by atoms with Crippen molar-refractivity contribution in [2.24, 2.45) is 0 Å². The summed E-state index contributed by atoms with van der Waals surface area (Å²) in [7, 11) is 0. The maximum atomic E-state index is 12.0. The van der Waals surface area contributed by atoms with E-state index >= 15 is 0 Å². The summed E-state index contributed by atoms with van der Waals surface area (Å²) in [6.45, 7) is 5.63. The van der Waals surface area contributed by atoms with Gasteiger partial charge in [-0.15, -0.1) is 12.4 Å². The van der Waals surface area contributed by atoms with Crippen LogP contribution in [0.5, 0.6) is 0 Å². The Morgan fingerprint density at radius 3 is 2.95 bits per heavy atom. The Labute approximate surface area is 133 Å². The number of hydrogen-bond donors (Lipinski definition) is 2. The molecule has 1 aromatic rings. The van der Waals surface area contributed by atoms with Gasteiger partial charge in [0.05, 0.1) is 12.7 Å². The third-order valence-corrected chi connectivity index (χ3v) is 3.39. The number of anilines is 1. The van der Waals surface area contributed by atoms with Crippen LogP contribution in [0.25, 0.3) is 0 Å². The second-order valence-corrected chi connectivity index (χ2v) is 5.61. The van der Waals surface area contributed by atoms with Gasteiger partial charge in [0.2, 0.25) is 5.91 Å². The fraction of sp³-hybridized carbons (Fsp3) is 0.562. The van der Waals surface area contributed by atoms with Gasteiger partial charge >= 0.3 is 0 Å². The van der Waals surface area contributed by atoms with E-state index in [1.54, 1.807) is 0 Å². The minimum atomic E-state index is 0. The van der Waals surface area contributed by atoms with E-state index in [0.29, 0.717) is 19.1 Å². The summed E-state index contributed by atoms with van der Waals surface area (Å²) >= 11 is 0. The van der Waals surface area contributed by atoms with Gasteiger partial charge < -0.3 is 15.4 Å². The molecule has 1 aliphatic heterocycles. The fourth-order valence-electron chi connectivity index (χ4n) is 2.37. The minimum Gasteiger partial charge on any atom is -0.374 e. The second kappa shape index (κ2) is 9.03. The van der Waals surface area contributed by atoms with Gasteiger partial charge in [0.15, 0.2) is 0 Å². The van der Waals surface area contributed by atoms with Crippen LogP contribution in [-0.2, 0) is 16.1 Å². The zero-order valence-electron chi connectivity index (χ0n) is 12.7. The molecule has 1 aromatic carbocycles. The molecule has 5 heteroatoms. The number of ether oxygens (including phenoxy) is 1. The van der Waals surface area contributed by atoms with E-state index in [1.807, 2.05) is 38.1 Å². The highest BCUT2D eigenvalue weighted by Gasteiger charge is 2.17. The molecule has 0 bridgehead atoms. The van der Waals surface area contributed by atoms with Crippen molar-refractivity contribution < 1.29 is 9.53 Å². The third kappa shape index (κ3) is 6.46. The number of hydrogen-bond acceptors (Lipinski definition) is 3. The van der Waals surface area contributed by atoms with Crippen LogP contribution in [-0.4, -0.2) is 24.6 Å². The lowest BCUT2D eigenvalue weighted by Gasteiger charge is -2.12. The maximum absolute atomic E-state index is 12.0. The predicted molar refractivity (Wildman–Crippen MR) is 87.9 cm³/mol. The highest BCUT2D eigenvalue weighted by molar-refractivity contribution is 5.91. The molecule has 21 heavy (non-hydrogen) atoms. The molecular weight excluding hydrogens is 288 g/mol. The predicted octanol–water partition coefficient (Wildman–Crippen LogP) is 3.11. The van der Waals surface area contributed by atoms with Gasteiger partial charge in [-0.2, -0.15) is 0 Å². The van der Waals surface area contributed by atoms with Gasteiger partial charge in [-0.25, -0.2) is 0 Å². The van der Waals surface area contributed by atoms with E-state index in [0.717, 1.165) is 24.2 Å². The Bertz CT molecular complexity index is 446. The molecule has 1 amide bonds. The Morgan fingerprint density at radius 1 is 1.48 bits per heavy atom. The van der Waals surface area contributed by atoms with Crippen LogP contribution in [0.1, 0.15) is 38.7 Å². The molecule has 0 aromatic heterocycles. The first-order valence-corrected chi connectivity index (χ1v) is 7.37. The third-order valence-electron chi connectivity index (χ3n) is 3.39. The Balaban J connectivity index is 0.00000220. The van der Waals surface area contributed by atoms with Crippen LogP contribution in [0.2, 0.25) is 0 Å². The average molecular weight is 313 g/mol. The van der Waals surface area contributed by atoms with E-state index in [-0.39, 0.29) is 24.4 Å². The highest BCUT2D eigenvalue weighted by atomic mass is 35.5. The number of nitrogens with one attached hydrogen (secondary N) is 2. The zero-order valence-corrected chi connectivity index (χ0v) is 13.5. The van der Waals surface area contributed by atoms with Crippen molar-refractivity contribution in [1.82, 2.24) is 5.32 Å². The van der Waals surface area contributed by atoms with Gasteiger partial charge in [-0.3, -0.25) is 4.79 Å². The van der Waals surface area contributed by atoms with E-state index in [9.17, 15) is 4.79 Å². The topological polar surface area (TPSA) is 50.4 Å². The summed E-state index contributed by atoms with van der Waals surface area (Å²) in [5.41, 5.74) is 1.92. The van der Waals surface area contributed by atoms with Gasteiger partial charge in [-0.1, -0.05) is 12.1 Å². The van der Waals surface area contributed by atoms with Gasteiger partial charge in [-0.05, 0) is 50.9 Å². The monoisotopic (exact) mass is 312 g/mol. The molecule has 0 radical (unpaired) electrons. The molecule has 1 heterocycles. The minimum absolute atomic E-state index is 0. The van der Waals surface area contributed by atoms with Crippen LogP contribution >= 0.6 is 12.4 Å². The van der Waals surface area contributed by atoms with Crippen molar-refractivity contribution in [2.45, 2.75) is 51.9 Å². The van der Waals surface area contributed by atoms with E-state index < -0.39 is 0 Å². The molecule has 0 spiro atoms. The number of benzene rings is 1. The lowest BCUT2D eigenvalue weighted by Crippen LogP contribution is -2.27. The SMILES string of the molecule is CC(C)OCc1cccc(NC(=O)CC2CCCN2)c1.Cl. The molecule has 1 fully saturated rings. The van der Waals surface area contributed by atoms with Crippen LogP contribution in [0.3, 0.4) is 0 Å². The van der Waals surface area contributed by atoms with Crippen molar-refractivity contribution in [3.05, 3.63) is 29.8 Å². The van der Waals surface area contributed by atoms with Crippen molar-refractivity contribution >= 4 is 24.0 Å². The Morgan fingerprint density at radius 2 is 2.29 bits per heavy atom. The number of carbonyl (C=O) groups excluding carboxylic acids is 1. The molecule has 1 atom stereocenters. The lowest BCUT2D eigenvalue weighted by molar-refractivity contribution is -0.116. The van der Waals surface area contributed by atoms with Gasteiger partial charge in [0.25, 0.3) is 0 Å². The summed E-state index contributed by atoms with van der Waals surface area (Å²) in [5.74, 6) is 0.0753. The first-order chi connectivity index (χ1) is 9.63. The number of rotatable bonds is 6. The van der Waals surface area contributed by atoms with Crippen molar-refractivity contribution in [3.8, 4) is 0 Å². The van der Waals surface area contributed by atoms with E-state index in [1.165, 1.54) is 6.42 Å². The van der Waals surface area contributed by atoms with Crippen molar-refractivity contribution in [3.63, 3.8) is 0 Å². The van der Waals surface area contributed by atoms with Crippen LogP contribution in [0.15, 0.2) is 24.3 Å². The average Bonchev–Trinajstić information content (AvgIpc) is 2.89. The summed E-state index contributed by atoms with van der Waals surface area (Å²) < 4.78 is 5.57. The molecule has 1 aliphatic rings. The first-order valence-electron chi connectivity index (χ1n) is 7.37. The lowest BCUT2D eigenvalue weighted by atomic mass is 10.1. The quantitative estimate of drug-likeness (QED) is 0.848. The molecule has 118 valence electrons. The summed E-state index contributed by atoms with van der Waals surface area (Å²) in [6.07, 6.45) is 3.02. The normalized spacial score (nSPS) is 17.6. The molecule has 0 saturated carbocycles. The summed E-state index contributed by atoms with van der Waals surface area (Å²) in [5, 5.41) is 6.30. The van der Waals surface area contributed by atoms with E-state index in [2.05, 4.69) is 10.6 Å². The van der Waals surface area contributed by atoms with Crippen LogP contribution in [0.4, 0.5) is 5.69 Å². The zero-order chi connectivity index (χ0) is 14.4. The number of carbonyl (C=O) groups is 1. The maximum Gasteiger partial charge on any atom is 0.225 e. The van der Waals surface area contributed by atoms with E-state index in [4.69, 9.17) is 4.74 Å². The largest absolute Gasteiger partial charge is 0.374 e. The Kier molecular flexibility index (Phi) is 7.72. The second-order valence-electron chi connectivity index (χ2n) is 5.61. The van der Waals surface area contributed by atoms with Crippen molar-refractivity contribution in [2.75, 3.05) is 11.9 Å². The first kappa shape index (κ1) is 18.0. The van der Waals surface area contributed by atoms with Gasteiger partial charge in [0, 0.05) is 18.2 Å². The molecule has 4 nitrogen and oxygen atoms in total. The number of halogens is 1. The molecule has 2 rings (SSSR count). The summed E-state index contributed by atoms with van der Waals surface area (Å²) in [4.78, 5) is 12.0. The molecule has 0 aliphatic carbocycles. The molecule has 1 unspecified atom stereocenters. The van der Waals surface area contributed by atoms with Crippen LogP contribution < -0.4 is 10.6 Å². The summed E-state index contributed by atoms with van der Waals surface area (Å²) in [6, 6.07) is 8.18. The van der Waals surface area contributed by atoms with Crippen LogP contribution in [0, 0.1) is 0 Å². The highest BCUT2D eigenvalue weighted by Crippen LogP contribution is 2.14. The Hall–Kier alpha value is -1.10. The molecular formula is C16H25ClN2O2. The standard InChI is InChI=1S/C16H24N2O2.ClH/c1-12(2)20-11-13-5-3-6-15(9-13)18-16(19)10-14-7-4-8-17-14;/h3,5-6,9,12,14,17H,4,7-8,10-11H2,1-2H3,(H,18,19);1H. The van der Waals surface area contributed by atoms with Gasteiger partial charge in [0.1, 0.15) is 0 Å².